The molecule has 1 aliphatic heterocycles. The largest absolute Gasteiger partial charge is 0.480 e. The molecule has 0 aromatic rings. The summed E-state index contributed by atoms with van der Waals surface area (Å²) in [5.74, 6) is -2.41. The van der Waals surface area contributed by atoms with E-state index in [1.54, 1.807) is 6.92 Å². The predicted molar refractivity (Wildman–Crippen MR) is 60.1 cm³/mol. The molecule has 0 aliphatic carbocycles. The first-order valence-corrected chi connectivity index (χ1v) is 5.65. The smallest absolute Gasteiger partial charge is 0.326 e. The van der Waals surface area contributed by atoms with Gasteiger partial charge in [-0.25, -0.2) is 4.79 Å². The zero-order chi connectivity index (χ0) is 13.7. The fraction of sp³-hybridized carbons (Fsp3) is 0.636. The van der Waals surface area contributed by atoms with E-state index in [0.717, 1.165) is 0 Å². The Hall–Kier alpha value is -2.10. The van der Waals surface area contributed by atoms with Crippen LogP contribution in [0.25, 0.3) is 0 Å². The van der Waals surface area contributed by atoms with Crippen LogP contribution in [0, 0.1) is 17.2 Å². The van der Waals surface area contributed by atoms with Crippen molar-refractivity contribution in [2.75, 3.05) is 0 Å². The molecule has 0 spiro atoms. The standard InChI is InChI=1S/C11H15N3O4/c1-6(4-5-12)9(11(17)18)14-10(16)7-2-3-8(15)13-7/h6-7,9H,2-4H2,1H3,(H,13,15)(H,14,16)(H,17,18)/t6-,7+,9-/m1/s1. The first-order valence-electron chi connectivity index (χ1n) is 5.65. The van der Waals surface area contributed by atoms with Gasteiger partial charge in [-0.05, 0) is 6.42 Å². The Morgan fingerprint density at radius 3 is 2.78 bits per heavy atom. The van der Waals surface area contributed by atoms with Gasteiger partial charge in [0.05, 0.1) is 6.07 Å². The normalized spacial score (nSPS) is 21.6. The molecule has 1 rings (SSSR count). The lowest BCUT2D eigenvalue weighted by Gasteiger charge is -2.21. The Morgan fingerprint density at radius 1 is 1.67 bits per heavy atom. The van der Waals surface area contributed by atoms with Crippen LogP contribution in [-0.2, 0) is 14.4 Å². The van der Waals surface area contributed by atoms with Crippen molar-refractivity contribution in [1.82, 2.24) is 10.6 Å². The second-order valence-electron chi connectivity index (χ2n) is 4.32. The first kappa shape index (κ1) is 14.0. The van der Waals surface area contributed by atoms with Gasteiger partial charge < -0.3 is 15.7 Å². The van der Waals surface area contributed by atoms with Gasteiger partial charge in [0, 0.05) is 18.8 Å². The molecule has 0 unspecified atom stereocenters. The monoisotopic (exact) mass is 253 g/mol. The third kappa shape index (κ3) is 3.45. The zero-order valence-electron chi connectivity index (χ0n) is 9.97. The van der Waals surface area contributed by atoms with E-state index in [1.807, 2.05) is 6.07 Å². The van der Waals surface area contributed by atoms with Gasteiger partial charge in [-0.15, -0.1) is 0 Å². The van der Waals surface area contributed by atoms with Crippen LogP contribution in [0.4, 0.5) is 0 Å². The van der Waals surface area contributed by atoms with Crippen molar-refractivity contribution in [2.45, 2.75) is 38.3 Å². The highest BCUT2D eigenvalue weighted by molar-refractivity contribution is 5.92. The number of nitriles is 1. The van der Waals surface area contributed by atoms with Crippen LogP contribution in [-0.4, -0.2) is 35.0 Å². The second-order valence-corrected chi connectivity index (χ2v) is 4.32. The molecule has 0 bridgehead atoms. The number of nitrogens with zero attached hydrogens (tertiary/aromatic N) is 1. The van der Waals surface area contributed by atoms with Crippen molar-refractivity contribution in [2.24, 2.45) is 5.92 Å². The summed E-state index contributed by atoms with van der Waals surface area (Å²) in [5, 5.41) is 22.4. The van der Waals surface area contributed by atoms with Crippen LogP contribution in [0.5, 0.6) is 0 Å². The van der Waals surface area contributed by atoms with Crippen molar-refractivity contribution in [3.05, 3.63) is 0 Å². The Labute approximate surface area is 104 Å². The summed E-state index contributed by atoms with van der Waals surface area (Å²) in [4.78, 5) is 33.7. The number of carboxylic acid groups (broad SMARTS) is 1. The van der Waals surface area contributed by atoms with Crippen molar-refractivity contribution in [3.63, 3.8) is 0 Å². The number of carbonyl (C=O) groups is 3. The maximum atomic E-state index is 11.7. The number of carboxylic acids is 1. The van der Waals surface area contributed by atoms with Crippen LogP contribution in [0.15, 0.2) is 0 Å². The molecule has 1 heterocycles. The SMILES string of the molecule is C[C@H](CC#N)[C@@H](NC(=O)[C@@H]1CCC(=O)N1)C(=O)O. The molecule has 0 saturated carbocycles. The number of nitrogens with one attached hydrogen (secondary N) is 2. The molecule has 7 nitrogen and oxygen atoms in total. The summed E-state index contributed by atoms with van der Waals surface area (Å²) in [6.45, 7) is 1.58. The van der Waals surface area contributed by atoms with E-state index in [2.05, 4.69) is 10.6 Å². The van der Waals surface area contributed by atoms with Crippen LogP contribution < -0.4 is 10.6 Å². The van der Waals surface area contributed by atoms with E-state index < -0.39 is 29.9 Å². The summed E-state index contributed by atoms with van der Waals surface area (Å²) in [6, 6.07) is 0.0797. The fourth-order valence-corrected chi connectivity index (χ4v) is 1.77. The molecule has 18 heavy (non-hydrogen) atoms. The average Bonchev–Trinajstić information content (AvgIpc) is 2.72. The molecular formula is C11H15N3O4. The lowest BCUT2D eigenvalue weighted by atomic mass is 9.98. The molecule has 1 saturated heterocycles. The Balaban J connectivity index is 2.61. The third-order valence-corrected chi connectivity index (χ3v) is 2.86. The molecule has 2 amide bonds. The van der Waals surface area contributed by atoms with Crippen molar-refractivity contribution >= 4 is 17.8 Å². The van der Waals surface area contributed by atoms with Gasteiger partial charge in [0.15, 0.2) is 0 Å². The summed E-state index contributed by atoms with van der Waals surface area (Å²) in [5.41, 5.74) is 0. The first-order chi connectivity index (χ1) is 8.45. The van der Waals surface area contributed by atoms with E-state index in [1.165, 1.54) is 0 Å². The van der Waals surface area contributed by atoms with E-state index in [0.29, 0.717) is 6.42 Å². The number of hydrogen-bond acceptors (Lipinski definition) is 4. The topological polar surface area (TPSA) is 119 Å². The Bertz CT molecular complexity index is 402. The number of carbonyl (C=O) groups excluding carboxylic acids is 2. The minimum absolute atomic E-state index is 0.0360. The summed E-state index contributed by atoms with van der Waals surface area (Å²) in [6.07, 6.45) is 0.668. The lowest BCUT2D eigenvalue weighted by Crippen LogP contribution is -2.51. The highest BCUT2D eigenvalue weighted by Gasteiger charge is 2.32. The summed E-state index contributed by atoms with van der Waals surface area (Å²) in [7, 11) is 0. The van der Waals surface area contributed by atoms with Gasteiger partial charge >= 0.3 is 5.97 Å². The third-order valence-electron chi connectivity index (χ3n) is 2.86. The quantitative estimate of drug-likeness (QED) is 0.603. The van der Waals surface area contributed by atoms with Crippen LogP contribution >= 0.6 is 0 Å². The summed E-state index contributed by atoms with van der Waals surface area (Å²) < 4.78 is 0. The van der Waals surface area contributed by atoms with Crippen molar-refractivity contribution in [1.29, 1.82) is 5.26 Å². The van der Waals surface area contributed by atoms with Gasteiger partial charge in [0.2, 0.25) is 11.8 Å². The van der Waals surface area contributed by atoms with E-state index in [9.17, 15) is 14.4 Å². The van der Waals surface area contributed by atoms with E-state index in [-0.39, 0.29) is 18.7 Å². The molecule has 0 radical (unpaired) electrons. The molecule has 3 atom stereocenters. The molecule has 0 aromatic carbocycles. The minimum Gasteiger partial charge on any atom is -0.480 e. The Morgan fingerprint density at radius 2 is 2.33 bits per heavy atom. The van der Waals surface area contributed by atoms with Gasteiger partial charge in [-0.3, -0.25) is 9.59 Å². The number of rotatable bonds is 5. The maximum absolute atomic E-state index is 11.7. The van der Waals surface area contributed by atoms with Crippen LogP contribution in [0.2, 0.25) is 0 Å². The van der Waals surface area contributed by atoms with Crippen LogP contribution in [0.1, 0.15) is 26.2 Å². The van der Waals surface area contributed by atoms with E-state index >= 15 is 0 Å². The van der Waals surface area contributed by atoms with Crippen molar-refractivity contribution < 1.29 is 19.5 Å². The minimum atomic E-state index is -1.18. The van der Waals surface area contributed by atoms with Gasteiger partial charge in [0.25, 0.3) is 0 Å². The number of hydrogen-bond donors (Lipinski definition) is 3. The average molecular weight is 253 g/mol. The highest BCUT2D eigenvalue weighted by Crippen LogP contribution is 2.11. The number of aliphatic carboxylic acids is 1. The maximum Gasteiger partial charge on any atom is 0.326 e. The molecule has 0 aromatic heterocycles. The van der Waals surface area contributed by atoms with Crippen molar-refractivity contribution in [3.8, 4) is 6.07 Å². The van der Waals surface area contributed by atoms with E-state index in [4.69, 9.17) is 10.4 Å². The van der Waals surface area contributed by atoms with Gasteiger partial charge in [-0.2, -0.15) is 5.26 Å². The lowest BCUT2D eigenvalue weighted by molar-refractivity contribution is -0.143. The molecule has 7 heteroatoms. The zero-order valence-corrected chi connectivity index (χ0v) is 9.97. The molecule has 3 N–H and O–H groups in total. The van der Waals surface area contributed by atoms with Gasteiger partial charge in [0.1, 0.15) is 12.1 Å². The van der Waals surface area contributed by atoms with Gasteiger partial charge in [-0.1, -0.05) is 6.92 Å². The Kier molecular flexibility index (Phi) is 4.66. The fourth-order valence-electron chi connectivity index (χ4n) is 1.77. The summed E-state index contributed by atoms with van der Waals surface area (Å²) >= 11 is 0. The molecule has 1 fully saturated rings. The molecule has 1 aliphatic rings. The second kappa shape index (κ2) is 6.00. The number of amides is 2. The molecular weight excluding hydrogens is 238 g/mol. The highest BCUT2D eigenvalue weighted by atomic mass is 16.4. The predicted octanol–water partition coefficient (Wildman–Crippen LogP) is -0.616. The molecule has 98 valence electrons. The van der Waals surface area contributed by atoms with Crippen LogP contribution in [0.3, 0.4) is 0 Å².